The van der Waals surface area contributed by atoms with Crippen molar-refractivity contribution in [3.05, 3.63) is 34.4 Å². The second-order valence-electron chi connectivity index (χ2n) is 2.42. The predicted molar refractivity (Wildman–Crippen MR) is 51.3 cm³/mol. The highest BCUT2D eigenvalue weighted by molar-refractivity contribution is 9.11. The maximum absolute atomic E-state index is 3.64. The molecule has 0 unspecified atom stereocenters. The zero-order valence-electron chi connectivity index (χ0n) is 6.74. The van der Waals surface area contributed by atoms with E-state index in [2.05, 4.69) is 49.4 Å². The van der Waals surface area contributed by atoms with E-state index in [0.29, 0.717) is 0 Å². The van der Waals surface area contributed by atoms with Gasteiger partial charge in [0.1, 0.15) is 0 Å². The molecule has 0 aromatic carbocycles. The SMILES string of the molecule is C=CC(Br)=CC(C)=C(C)C. The van der Waals surface area contributed by atoms with Gasteiger partial charge in [-0.1, -0.05) is 39.7 Å². The van der Waals surface area contributed by atoms with Gasteiger partial charge in [0.2, 0.25) is 0 Å². The smallest absolute Gasteiger partial charge is 0.0171 e. The lowest BCUT2D eigenvalue weighted by Gasteiger charge is -1.95. The molecule has 0 radical (unpaired) electrons. The van der Waals surface area contributed by atoms with E-state index in [-0.39, 0.29) is 0 Å². The molecule has 0 heterocycles. The third-order valence-corrected chi connectivity index (χ3v) is 1.89. The van der Waals surface area contributed by atoms with E-state index >= 15 is 0 Å². The molecule has 0 saturated carbocycles. The monoisotopic (exact) mass is 200 g/mol. The molecule has 10 heavy (non-hydrogen) atoms. The first kappa shape index (κ1) is 9.70. The second kappa shape index (κ2) is 4.51. The fraction of sp³-hybridized carbons (Fsp3) is 0.333. The van der Waals surface area contributed by atoms with Gasteiger partial charge in [0.25, 0.3) is 0 Å². The van der Waals surface area contributed by atoms with Crippen LogP contribution in [-0.2, 0) is 0 Å². The molecule has 0 aliphatic carbocycles. The van der Waals surface area contributed by atoms with Crippen LogP contribution in [0.25, 0.3) is 0 Å². The Morgan fingerprint density at radius 3 is 2.10 bits per heavy atom. The third-order valence-electron chi connectivity index (χ3n) is 1.34. The maximum Gasteiger partial charge on any atom is 0.0171 e. The fourth-order valence-corrected chi connectivity index (χ4v) is 0.753. The highest BCUT2D eigenvalue weighted by Crippen LogP contribution is 2.12. The Bertz CT molecular complexity index is 181. The lowest BCUT2D eigenvalue weighted by atomic mass is 10.2. The normalized spacial score (nSPS) is 11.0. The summed E-state index contributed by atoms with van der Waals surface area (Å²) in [5.41, 5.74) is 2.62. The molecule has 0 spiro atoms. The first-order chi connectivity index (χ1) is 4.57. The van der Waals surface area contributed by atoms with Crippen molar-refractivity contribution in [2.45, 2.75) is 20.8 Å². The largest absolute Gasteiger partial charge is 0.0979 e. The molecular formula is C9H13Br. The summed E-state index contributed by atoms with van der Waals surface area (Å²) in [6.07, 6.45) is 3.84. The Morgan fingerprint density at radius 1 is 1.30 bits per heavy atom. The molecule has 0 aliphatic rings. The average molecular weight is 201 g/mol. The van der Waals surface area contributed by atoms with E-state index in [1.165, 1.54) is 11.1 Å². The van der Waals surface area contributed by atoms with Crippen LogP contribution in [0.1, 0.15) is 20.8 Å². The molecule has 0 aromatic rings. The van der Waals surface area contributed by atoms with Gasteiger partial charge in [-0.15, -0.1) is 0 Å². The van der Waals surface area contributed by atoms with Crippen LogP contribution in [-0.4, -0.2) is 0 Å². The molecule has 0 rings (SSSR count). The number of allylic oxidation sites excluding steroid dienone is 5. The first-order valence-corrected chi connectivity index (χ1v) is 4.01. The molecular weight excluding hydrogens is 188 g/mol. The van der Waals surface area contributed by atoms with Gasteiger partial charge in [-0.3, -0.25) is 0 Å². The van der Waals surface area contributed by atoms with Gasteiger partial charge < -0.3 is 0 Å². The summed E-state index contributed by atoms with van der Waals surface area (Å²) < 4.78 is 1.03. The van der Waals surface area contributed by atoms with Crippen molar-refractivity contribution in [3.8, 4) is 0 Å². The van der Waals surface area contributed by atoms with Crippen molar-refractivity contribution in [2.24, 2.45) is 0 Å². The summed E-state index contributed by atoms with van der Waals surface area (Å²) in [6.45, 7) is 9.90. The Kier molecular flexibility index (Phi) is 4.37. The van der Waals surface area contributed by atoms with Crippen molar-refractivity contribution < 1.29 is 0 Å². The summed E-state index contributed by atoms with van der Waals surface area (Å²) in [5.74, 6) is 0. The maximum atomic E-state index is 3.64. The van der Waals surface area contributed by atoms with E-state index in [1.807, 2.05) is 0 Å². The zero-order valence-corrected chi connectivity index (χ0v) is 8.33. The van der Waals surface area contributed by atoms with E-state index < -0.39 is 0 Å². The molecule has 0 bridgehead atoms. The van der Waals surface area contributed by atoms with Crippen molar-refractivity contribution in [2.75, 3.05) is 0 Å². The zero-order chi connectivity index (χ0) is 8.15. The van der Waals surface area contributed by atoms with Crippen LogP contribution in [0.3, 0.4) is 0 Å². The van der Waals surface area contributed by atoms with Crippen LogP contribution >= 0.6 is 15.9 Å². The van der Waals surface area contributed by atoms with Gasteiger partial charge in [0.05, 0.1) is 0 Å². The molecule has 0 aliphatic heterocycles. The summed E-state index contributed by atoms with van der Waals surface area (Å²) in [7, 11) is 0. The van der Waals surface area contributed by atoms with Gasteiger partial charge in [0.15, 0.2) is 0 Å². The molecule has 56 valence electrons. The lowest BCUT2D eigenvalue weighted by molar-refractivity contribution is 1.29. The minimum Gasteiger partial charge on any atom is -0.0979 e. The second-order valence-corrected chi connectivity index (χ2v) is 3.33. The number of hydrogen-bond donors (Lipinski definition) is 0. The van der Waals surface area contributed by atoms with Gasteiger partial charge >= 0.3 is 0 Å². The van der Waals surface area contributed by atoms with Crippen LogP contribution < -0.4 is 0 Å². The molecule has 0 N–H and O–H groups in total. The Morgan fingerprint density at radius 2 is 1.80 bits per heavy atom. The summed E-state index contributed by atoms with van der Waals surface area (Å²) in [6, 6.07) is 0. The van der Waals surface area contributed by atoms with Crippen LogP contribution in [0, 0.1) is 0 Å². The van der Waals surface area contributed by atoms with E-state index in [9.17, 15) is 0 Å². The highest BCUT2D eigenvalue weighted by Gasteiger charge is 1.87. The van der Waals surface area contributed by atoms with Gasteiger partial charge in [-0.2, -0.15) is 0 Å². The summed E-state index contributed by atoms with van der Waals surface area (Å²) in [4.78, 5) is 0. The van der Waals surface area contributed by atoms with Gasteiger partial charge in [-0.05, 0) is 26.8 Å². The van der Waals surface area contributed by atoms with E-state index in [0.717, 1.165) is 4.48 Å². The van der Waals surface area contributed by atoms with Gasteiger partial charge in [0, 0.05) is 4.48 Å². The molecule has 0 nitrogen and oxygen atoms in total. The summed E-state index contributed by atoms with van der Waals surface area (Å²) in [5, 5.41) is 0. The highest BCUT2D eigenvalue weighted by atomic mass is 79.9. The summed E-state index contributed by atoms with van der Waals surface area (Å²) >= 11 is 3.35. The van der Waals surface area contributed by atoms with Crippen molar-refractivity contribution >= 4 is 15.9 Å². The van der Waals surface area contributed by atoms with Crippen LogP contribution in [0.2, 0.25) is 0 Å². The van der Waals surface area contributed by atoms with E-state index in [4.69, 9.17) is 0 Å². The number of halogens is 1. The van der Waals surface area contributed by atoms with E-state index in [1.54, 1.807) is 6.08 Å². The number of hydrogen-bond acceptors (Lipinski definition) is 0. The van der Waals surface area contributed by atoms with Gasteiger partial charge in [-0.25, -0.2) is 0 Å². The molecule has 1 heteroatoms. The van der Waals surface area contributed by atoms with Crippen LogP contribution in [0.4, 0.5) is 0 Å². The molecule has 0 saturated heterocycles. The Balaban J connectivity index is 4.42. The standard InChI is InChI=1S/C9H13Br/c1-5-9(10)6-8(4)7(2)3/h5-6H,1H2,2-4H3. The topological polar surface area (TPSA) is 0 Å². The predicted octanol–water partition coefficient (Wildman–Crippen LogP) is 3.81. The number of rotatable bonds is 2. The molecule has 0 amide bonds. The van der Waals surface area contributed by atoms with Crippen molar-refractivity contribution in [1.29, 1.82) is 0 Å². The lowest BCUT2D eigenvalue weighted by Crippen LogP contribution is -1.73. The van der Waals surface area contributed by atoms with Crippen molar-refractivity contribution in [3.63, 3.8) is 0 Å². The third kappa shape index (κ3) is 3.67. The average Bonchev–Trinajstić information content (AvgIpc) is 1.87. The minimum atomic E-state index is 1.03. The minimum absolute atomic E-state index is 1.03. The van der Waals surface area contributed by atoms with Crippen LogP contribution in [0.15, 0.2) is 34.4 Å². The van der Waals surface area contributed by atoms with Crippen LogP contribution in [0.5, 0.6) is 0 Å². The Labute approximate surface area is 71.5 Å². The molecule has 0 fully saturated rings. The van der Waals surface area contributed by atoms with Crippen molar-refractivity contribution in [1.82, 2.24) is 0 Å². The molecule has 0 aromatic heterocycles. The first-order valence-electron chi connectivity index (χ1n) is 3.21. The quantitative estimate of drug-likeness (QED) is 0.596. The Hall–Kier alpha value is -0.300. The molecule has 0 atom stereocenters. The fourth-order valence-electron chi connectivity index (χ4n) is 0.410.